The minimum Gasteiger partial charge on any atom is -0.362 e. The molecular weight excluding hydrogens is 525 g/mol. The van der Waals surface area contributed by atoms with E-state index in [9.17, 15) is 18.0 Å². The number of carbonyl (C=O) groups excluding carboxylic acids is 1. The Hall–Kier alpha value is -2.56. The predicted molar refractivity (Wildman–Crippen MR) is 134 cm³/mol. The average molecular weight is 555 g/mol. The van der Waals surface area contributed by atoms with Crippen LogP contribution in [0.1, 0.15) is 55.3 Å². The fraction of sp³-hybridized carbons (Fsp3) is 0.542. The van der Waals surface area contributed by atoms with E-state index in [2.05, 4.69) is 31.9 Å². The summed E-state index contributed by atoms with van der Waals surface area (Å²) in [4.78, 5) is 24.0. The third kappa shape index (κ3) is 6.36. The van der Waals surface area contributed by atoms with Gasteiger partial charge in [-0.2, -0.15) is 18.2 Å². The van der Waals surface area contributed by atoms with Crippen molar-refractivity contribution in [3.8, 4) is 0 Å². The smallest absolute Gasteiger partial charge is 0.362 e. The molecular formula is C24H30BrF3N6O. The van der Waals surface area contributed by atoms with Crippen molar-refractivity contribution in [1.29, 1.82) is 0 Å². The molecule has 0 spiro atoms. The number of anilines is 3. The van der Waals surface area contributed by atoms with E-state index < -0.39 is 17.8 Å². The number of aryl methyl sites for hydroxylation is 1. The van der Waals surface area contributed by atoms with Gasteiger partial charge in [-0.05, 0) is 69.6 Å². The summed E-state index contributed by atoms with van der Waals surface area (Å²) in [6.07, 6.45) is 2.73. The highest BCUT2D eigenvalue weighted by molar-refractivity contribution is 9.10. The summed E-state index contributed by atoms with van der Waals surface area (Å²) in [6, 6.07) is 3.09. The average Bonchev–Trinajstić information content (AvgIpc) is 2.80. The Morgan fingerprint density at radius 3 is 2.43 bits per heavy atom. The molecule has 35 heavy (non-hydrogen) atoms. The minimum absolute atomic E-state index is 0.111. The van der Waals surface area contributed by atoms with Crippen molar-refractivity contribution >= 4 is 39.4 Å². The van der Waals surface area contributed by atoms with Crippen molar-refractivity contribution in [1.82, 2.24) is 15.3 Å². The molecule has 1 aromatic heterocycles. The van der Waals surface area contributed by atoms with Gasteiger partial charge >= 0.3 is 12.2 Å². The quantitative estimate of drug-likeness (QED) is 0.438. The molecule has 0 unspecified atom stereocenters. The summed E-state index contributed by atoms with van der Waals surface area (Å²) in [7, 11) is 3.99. The zero-order valence-corrected chi connectivity index (χ0v) is 21.4. The lowest BCUT2D eigenvalue weighted by molar-refractivity contribution is -0.136. The van der Waals surface area contributed by atoms with E-state index in [4.69, 9.17) is 9.97 Å². The van der Waals surface area contributed by atoms with Gasteiger partial charge in [0.2, 0.25) is 5.95 Å². The summed E-state index contributed by atoms with van der Waals surface area (Å²) in [5, 5.41) is 8.64. The van der Waals surface area contributed by atoms with Crippen molar-refractivity contribution in [2.24, 2.45) is 0 Å². The van der Waals surface area contributed by atoms with E-state index in [1.54, 1.807) is 0 Å². The zero-order valence-electron chi connectivity index (χ0n) is 19.8. The van der Waals surface area contributed by atoms with Gasteiger partial charge in [0, 0.05) is 36.2 Å². The number of halogens is 4. The number of hydrogen-bond donors (Lipinski definition) is 3. The van der Waals surface area contributed by atoms with Crippen LogP contribution in [0.3, 0.4) is 0 Å². The zero-order chi connectivity index (χ0) is 25.2. The van der Waals surface area contributed by atoms with E-state index in [1.165, 1.54) is 17.7 Å². The van der Waals surface area contributed by atoms with Crippen LogP contribution in [0.2, 0.25) is 0 Å². The van der Waals surface area contributed by atoms with Gasteiger partial charge in [-0.25, -0.2) is 9.78 Å². The van der Waals surface area contributed by atoms with Gasteiger partial charge in [-0.1, -0.05) is 15.9 Å². The number of alkyl halides is 3. The number of amides is 2. The first kappa shape index (κ1) is 25.5. The summed E-state index contributed by atoms with van der Waals surface area (Å²) in [6.45, 7) is 0. The molecule has 2 amide bonds. The van der Waals surface area contributed by atoms with Crippen molar-refractivity contribution in [2.45, 2.75) is 69.6 Å². The monoisotopic (exact) mass is 554 g/mol. The van der Waals surface area contributed by atoms with E-state index in [0.717, 1.165) is 56.1 Å². The first-order valence-corrected chi connectivity index (χ1v) is 12.7. The molecule has 11 heteroatoms. The van der Waals surface area contributed by atoms with Gasteiger partial charge in [0.15, 0.2) is 0 Å². The molecule has 2 aromatic rings. The Labute approximate surface area is 211 Å². The highest BCUT2D eigenvalue weighted by atomic mass is 79.9. The number of hydrogen-bond acceptors (Lipinski definition) is 5. The lowest BCUT2D eigenvalue weighted by Gasteiger charge is -2.30. The van der Waals surface area contributed by atoms with E-state index in [1.807, 2.05) is 19.0 Å². The molecule has 0 aliphatic heterocycles. The van der Waals surface area contributed by atoms with Crippen LogP contribution in [0.5, 0.6) is 0 Å². The highest BCUT2D eigenvalue weighted by Gasteiger charge is 2.34. The molecule has 1 fully saturated rings. The van der Waals surface area contributed by atoms with Crippen molar-refractivity contribution in [2.75, 3.05) is 29.6 Å². The van der Waals surface area contributed by atoms with Gasteiger partial charge in [-0.3, -0.25) is 0 Å². The molecule has 1 aromatic carbocycles. The molecule has 0 atom stereocenters. The van der Waals surface area contributed by atoms with Gasteiger partial charge in [-0.15, -0.1) is 0 Å². The Balaban J connectivity index is 1.32. The molecule has 7 nitrogen and oxygen atoms in total. The number of nitrogens with zero attached hydrogens (tertiary/aromatic N) is 3. The SMILES string of the molecule is CN(C)c1nc(N[C@H]2CC[C@@H](NC(=O)Nc3ccc(Br)cc3C(F)(F)F)CC2)nc2c1CCCC2. The number of benzene rings is 1. The minimum atomic E-state index is -4.57. The first-order chi connectivity index (χ1) is 16.6. The molecule has 3 N–H and O–H groups in total. The van der Waals surface area contributed by atoms with E-state index in [0.29, 0.717) is 23.3 Å². The Morgan fingerprint density at radius 2 is 1.74 bits per heavy atom. The second-order valence-electron chi connectivity index (χ2n) is 9.38. The molecule has 0 radical (unpaired) electrons. The molecule has 4 rings (SSSR count). The third-order valence-electron chi connectivity index (χ3n) is 6.52. The van der Waals surface area contributed by atoms with Gasteiger partial charge in [0.1, 0.15) is 5.82 Å². The van der Waals surface area contributed by atoms with Crippen LogP contribution >= 0.6 is 15.9 Å². The van der Waals surface area contributed by atoms with Crippen LogP contribution in [-0.2, 0) is 19.0 Å². The molecule has 0 bridgehead atoms. The van der Waals surface area contributed by atoms with Crippen LogP contribution < -0.4 is 20.9 Å². The topological polar surface area (TPSA) is 82.2 Å². The summed E-state index contributed by atoms with van der Waals surface area (Å²) in [5.74, 6) is 1.61. The molecule has 2 aliphatic carbocycles. The summed E-state index contributed by atoms with van der Waals surface area (Å²) in [5.41, 5.74) is 1.20. The largest absolute Gasteiger partial charge is 0.418 e. The second-order valence-corrected chi connectivity index (χ2v) is 10.3. The van der Waals surface area contributed by atoms with Crippen LogP contribution in [0.15, 0.2) is 22.7 Å². The number of urea groups is 1. The third-order valence-corrected chi connectivity index (χ3v) is 7.01. The normalized spacial score (nSPS) is 20.1. The van der Waals surface area contributed by atoms with Crippen molar-refractivity contribution in [3.63, 3.8) is 0 Å². The van der Waals surface area contributed by atoms with Gasteiger partial charge in [0.05, 0.1) is 16.9 Å². The number of fused-ring (bicyclic) bond motifs is 1. The number of nitrogens with one attached hydrogen (secondary N) is 3. The van der Waals surface area contributed by atoms with Crippen LogP contribution in [0.4, 0.5) is 35.4 Å². The summed E-state index contributed by atoms with van der Waals surface area (Å²) < 4.78 is 40.2. The fourth-order valence-electron chi connectivity index (χ4n) is 4.78. The standard InChI is InChI=1S/C24H30BrF3N6O/c1-34(2)21-17-5-3-4-6-19(17)31-22(33-21)29-15-8-10-16(11-9-15)30-23(35)32-20-12-7-14(25)13-18(20)24(26,27)28/h7,12-13,15-16H,3-6,8-11H2,1-2H3,(H,29,31,33)(H2,30,32,35)/t15-,16+. The Morgan fingerprint density at radius 1 is 1.06 bits per heavy atom. The predicted octanol–water partition coefficient (Wildman–Crippen LogP) is 5.75. The van der Waals surface area contributed by atoms with Crippen LogP contribution in [0.25, 0.3) is 0 Å². The Bertz CT molecular complexity index is 1070. The first-order valence-electron chi connectivity index (χ1n) is 11.9. The summed E-state index contributed by atoms with van der Waals surface area (Å²) >= 11 is 3.05. The van der Waals surface area contributed by atoms with E-state index in [-0.39, 0.29) is 17.8 Å². The molecule has 1 saturated carbocycles. The lowest BCUT2D eigenvalue weighted by atomic mass is 9.91. The maximum Gasteiger partial charge on any atom is 0.418 e. The molecule has 2 aliphatic rings. The van der Waals surface area contributed by atoms with Crippen molar-refractivity contribution < 1.29 is 18.0 Å². The highest BCUT2D eigenvalue weighted by Crippen LogP contribution is 2.36. The van der Waals surface area contributed by atoms with E-state index >= 15 is 0 Å². The molecule has 1 heterocycles. The lowest BCUT2D eigenvalue weighted by Crippen LogP contribution is -2.42. The number of rotatable bonds is 5. The molecule has 0 saturated heterocycles. The number of aromatic nitrogens is 2. The number of carbonyl (C=O) groups is 1. The fourth-order valence-corrected chi connectivity index (χ4v) is 5.14. The van der Waals surface area contributed by atoms with Crippen molar-refractivity contribution in [3.05, 3.63) is 39.5 Å². The van der Waals surface area contributed by atoms with Crippen LogP contribution in [-0.4, -0.2) is 42.2 Å². The maximum absolute atomic E-state index is 13.3. The van der Waals surface area contributed by atoms with Gasteiger partial charge in [0.25, 0.3) is 0 Å². The Kier molecular flexibility index (Phi) is 7.73. The second kappa shape index (κ2) is 10.6. The van der Waals surface area contributed by atoms with Crippen LogP contribution in [0, 0.1) is 0 Å². The maximum atomic E-state index is 13.3. The molecule has 190 valence electrons. The van der Waals surface area contributed by atoms with Gasteiger partial charge < -0.3 is 20.9 Å².